The van der Waals surface area contributed by atoms with Crippen molar-refractivity contribution < 1.29 is 21.7 Å². The van der Waals surface area contributed by atoms with Crippen molar-refractivity contribution in [2.24, 2.45) is 5.14 Å². The fraction of sp³-hybridized carbons (Fsp3) is 0.125. The van der Waals surface area contributed by atoms with Crippen molar-refractivity contribution in [1.82, 2.24) is 10.1 Å². The van der Waals surface area contributed by atoms with Gasteiger partial charge in [0.15, 0.2) is 12.4 Å². The van der Waals surface area contributed by atoms with Crippen LogP contribution < -0.4 is 5.14 Å². The number of pyridine rings is 1. The van der Waals surface area contributed by atoms with Crippen molar-refractivity contribution in [3.63, 3.8) is 0 Å². The summed E-state index contributed by atoms with van der Waals surface area (Å²) >= 11 is 0. The summed E-state index contributed by atoms with van der Waals surface area (Å²) in [6, 6.07) is 5.07. The maximum Gasteiger partial charge on any atom is 0.240 e. The monoisotopic (exact) mass is 365 g/mol. The first-order valence-electron chi connectivity index (χ1n) is 7.10. The molecular weight excluding hydrogens is 352 g/mol. The molecule has 0 saturated heterocycles. The molecule has 0 bridgehead atoms. The summed E-state index contributed by atoms with van der Waals surface area (Å²) in [5, 5.41) is 8.81. The maximum absolute atomic E-state index is 14.2. The Labute approximate surface area is 142 Å². The molecule has 3 aromatic rings. The number of alkyl halides is 1. The lowest BCUT2D eigenvalue weighted by Gasteiger charge is -2.06. The van der Waals surface area contributed by atoms with Gasteiger partial charge in [0, 0.05) is 18.0 Å². The number of sulfonamides is 1. The molecule has 0 aliphatic rings. The summed E-state index contributed by atoms with van der Waals surface area (Å²) in [5.41, 5.74) is 2.15. The minimum atomic E-state index is -4.20. The molecule has 3 rings (SSSR count). The van der Waals surface area contributed by atoms with Gasteiger partial charge in [-0.1, -0.05) is 11.2 Å². The van der Waals surface area contributed by atoms with E-state index in [0.717, 1.165) is 17.7 Å². The second-order valence-corrected chi connectivity index (χ2v) is 6.93. The van der Waals surface area contributed by atoms with Gasteiger partial charge in [0.2, 0.25) is 10.0 Å². The van der Waals surface area contributed by atoms with Crippen LogP contribution >= 0.6 is 0 Å². The Bertz CT molecular complexity index is 1050. The molecule has 2 aromatic heterocycles. The van der Waals surface area contributed by atoms with Gasteiger partial charge in [-0.3, -0.25) is 4.98 Å². The lowest BCUT2D eigenvalue weighted by atomic mass is 9.99. The Balaban J connectivity index is 2.21. The van der Waals surface area contributed by atoms with Crippen LogP contribution in [-0.4, -0.2) is 18.6 Å². The highest BCUT2D eigenvalue weighted by molar-refractivity contribution is 7.89. The average molecular weight is 365 g/mol. The van der Waals surface area contributed by atoms with Crippen molar-refractivity contribution in [1.29, 1.82) is 0 Å². The van der Waals surface area contributed by atoms with E-state index in [9.17, 15) is 17.2 Å². The van der Waals surface area contributed by atoms with Gasteiger partial charge in [0.05, 0.1) is 5.56 Å². The Morgan fingerprint density at radius 1 is 1.20 bits per heavy atom. The minimum absolute atomic E-state index is 0.0979. The molecule has 130 valence electrons. The molecule has 0 atom stereocenters. The normalized spacial score (nSPS) is 11.7. The van der Waals surface area contributed by atoms with E-state index in [0.29, 0.717) is 5.56 Å². The Morgan fingerprint density at radius 3 is 2.56 bits per heavy atom. The third-order valence-corrected chi connectivity index (χ3v) is 4.50. The van der Waals surface area contributed by atoms with Gasteiger partial charge in [0.1, 0.15) is 16.4 Å². The van der Waals surface area contributed by atoms with E-state index in [-0.39, 0.29) is 22.6 Å². The lowest BCUT2D eigenvalue weighted by Crippen LogP contribution is -2.14. The quantitative estimate of drug-likeness (QED) is 0.766. The van der Waals surface area contributed by atoms with Gasteiger partial charge < -0.3 is 4.52 Å². The van der Waals surface area contributed by atoms with E-state index in [1.807, 2.05) is 6.92 Å². The molecule has 1 aromatic carbocycles. The number of benzene rings is 1. The number of hydrogen-bond acceptors (Lipinski definition) is 5. The van der Waals surface area contributed by atoms with Crippen molar-refractivity contribution >= 4 is 10.0 Å². The highest BCUT2D eigenvalue weighted by Crippen LogP contribution is 2.36. The van der Waals surface area contributed by atoms with Gasteiger partial charge in [0.25, 0.3) is 0 Å². The second-order valence-electron chi connectivity index (χ2n) is 5.40. The molecule has 0 amide bonds. The van der Waals surface area contributed by atoms with Crippen molar-refractivity contribution in [2.45, 2.75) is 18.5 Å². The van der Waals surface area contributed by atoms with Crippen LogP contribution in [0, 0.1) is 12.7 Å². The van der Waals surface area contributed by atoms with Crippen LogP contribution in [0.25, 0.3) is 22.4 Å². The predicted molar refractivity (Wildman–Crippen MR) is 86.1 cm³/mol. The predicted octanol–water partition coefficient (Wildman–Crippen LogP) is 2.97. The van der Waals surface area contributed by atoms with E-state index in [2.05, 4.69) is 10.1 Å². The molecule has 0 aliphatic carbocycles. The molecule has 6 nitrogen and oxygen atoms in total. The number of aryl methyl sites for hydroxylation is 1. The standard InChI is InChI=1S/C16H13F2N3O3S/c1-9-4-11(8-20-7-9)16-15(13(6-17)24-21-16)10-2-3-14(12(18)5-10)25(19,22)23/h2-5,7-8H,6H2,1H3,(H2,19,22,23). The van der Waals surface area contributed by atoms with Crippen LogP contribution in [0.1, 0.15) is 11.3 Å². The molecule has 0 saturated carbocycles. The average Bonchev–Trinajstić information content (AvgIpc) is 2.97. The highest BCUT2D eigenvalue weighted by atomic mass is 32.2. The summed E-state index contributed by atoms with van der Waals surface area (Å²) in [7, 11) is -4.20. The molecule has 9 heteroatoms. The fourth-order valence-electron chi connectivity index (χ4n) is 2.48. The summed E-state index contributed by atoms with van der Waals surface area (Å²) in [5.74, 6) is -1.14. The smallest absolute Gasteiger partial charge is 0.240 e. The highest BCUT2D eigenvalue weighted by Gasteiger charge is 2.22. The van der Waals surface area contributed by atoms with Crippen LogP contribution in [0.15, 0.2) is 46.1 Å². The SMILES string of the molecule is Cc1cncc(-c2noc(CF)c2-c2ccc(S(N)(=O)=O)c(F)c2)c1. The van der Waals surface area contributed by atoms with Crippen LogP contribution in [0.3, 0.4) is 0 Å². The van der Waals surface area contributed by atoms with E-state index in [4.69, 9.17) is 9.66 Å². The lowest BCUT2D eigenvalue weighted by molar-refractivity contribution is 0.332. The van der Waals surface area contributed by atoms with Crippen molar-refractivity contribution in [3.8, 4) is 22.4 Å². The largest absolute Gasteiger partial charge is 0.357 e. The van der Waals surface area contributed by atoms with Gasteiger partial charge >= 0.3 is 0 Å². The van der Waals surface area contributed by atoms with Crippen LogP contribution in [0.2, 0.25) is 0 Å². The Morgan fingerprint density at radius 2 is 1.96 bits per heavy atom. The molecule has 0 aliphatic heterocycles. The van der Waals surface area contributed by atoms with Crippen LogP contribution in [0.4, 0.5) is 8.78 Å². The van der Waals surface area contributed by atoms with E-state index >= 15 is 0 Å². The number of aromatic nitrogens is 2. The number of primary sulfonamides is 1. The first kappa shape index (κ1) is 17.2. The molecule has 0 fully saturated rings. The number of nitrogens with zero attached hydrogens (tertiary/aromatic N) is 2. The van der Waals surface area contributed by atoms with Crippen LogP contribution in [-0.2, 0) is 16.7 Å². The summed E-state index contributed by atoms with van der Waals surface area (Å²) < 4.78 is 55.1. The number of rotatable bonds is 4. The number of nitrogens with two attached hydrogens (primary N) is 1. The van der Waals surface area contributed by atoms with Crippen molar-refractivity contribution in [3.05, 3.63) is 53.8 Å². The second kappa shape index (κ2) is 6.34. The van der Waals surface area contributed by atoms with E-state index < -0.39 is 27.4 Å². The van der Waals surface area contributed by atoms with Gasteiger partial charge in [-0.05, 0) is 36.2 Å². The Kier molecular flexibility index (Phi) is 4.36. The molecule has 2 heterocycles. The molecular formula is C16H13F2N3O3S. The number of halogens is 2. The fourth-order valence-corrected chi connectivity index (χ4v) is 3.07. The number of hydrogen-bond donors (Lipinski definition) is 1. The molecule has 25 heavy (non-hydrogen) atoms. The minimum Gasteiger partial charge on any atom is -0.357 e. The maximum atomic E-state index is 14.2. The zero-order valence-corrected chi connectivity index (χ0v) is 13.8. The zero-order chi connectivity index (χ0) is 18.2. The molecule has 0 spiro atoms. The third-order valence-electron chi connectivity index (χ3n) is 3.56. The Hall–Kier alpha value is -2.65. The van der Waals surface area contributed by atoms with E-state index in [1.54, 1.807) is 12.3 Å². The van der Waals surface area contributed by atoms with Gasteiger partial charge in [-0.15, -0.1) is 0 Å². The molecule has 0 unspecified atom stereocenters. The molecule has 0 radical (unpaired) electrons. The topological polar surface area (TPSA) is 99.1 Å². The first-order valence-corrected chi connectivity index (χ1v) is 8.65. The third kappa shape index (κ3) is 3.28. The summed E-state index contributed by atoms with van der Waals surface area (Å²) in [6.45, 7) is 0.868. The summed E-state index contributed by atoms with van der Waals surface area (Å²) in [4.78, 5) is 3.40. The van der Waals surface area contributed by atoms with Crippen LogP contribution in [0.5, 0.6) is 0 Å². The van der Waals surface area contributed by atoms with E-state index in [1.165, 1.54) is 12.3 Å². The first-order chi connectivity index (χ1) is 11.8. The summed E-state index contributed by atoms with van der Waals surface area (Å²) in [6.07, 6.45) is 3.16. The van der Waals surface area contributed by atoms with Gasteiger partial charge in [-0.2, -0.15) is 0 Å². The van der Waals surface area contributed by atoms with Crippen molar-refractivity contribution in [2.75, 3.05) is 0 Å². The zero-order valence-electron chi connectivity index (χ0n) is 13.0. The van der Waals surface area contributed by atoms with Gasteiger partial charge in [-0.25, -0.2) is 22.3 Å². The molecule has 2 N–H and O–H groups in total.